The lowest BCUT2D eigenvalue weighted by atomic mass is 10.0. The van der Waals surface area contributed by atoms with E-state index in [4.69, 9.17) is 4.74 Å². The predicted octanol–water partition coefficient (Wildman–Crippen LogP) is 3.64. The number of nitrogens with zero attached hydrogens (tertiary/aromatic N) is 1. The fourth-order valence-electron chi connectivity index (χ4n) is 3.44. The molecule has 2 rings (SSSR count). The van der Waals surface area contributed by atoms with Gasteiger partial charge >= 0.3 is 5.97 Å². The number of H-pyrrole nitrogens is 1. The van der Waals surface area contributed by atoms with Crippen molar-refractivity contribution in [1.82, 2.24) is 9.29 Å². The molecule has 1 heterocycles. The van der Waals surface area contributed by atoms with Crippen molar-refractivity contribution in [2.24, 2.45) is 5.92 Å². The number of rotatable bonds is 8. The van der Waals surface area contributed by atoms with Gasteiger partial charge in [-0.3, -0.25) is 4.79 Å². The fourth-order valence-corrected chi connectivity index (χ4v) is 5.19. The molecule has 0 radical (unpaired) electrons. The van der Waals surface area contributed by atoms with Gasteiger partial charge < -0.3 is 9.72 Å². The van der Waals surface area contributed by atoms with Gasteiger partial charge in [0.2, 0.25) is 10.0 Å². The molecule has 0 unspecified atom stereocenters. The maximum Gasteiger partial charge on any atom is 0.354 e. The van der Waals surface area contributed by atoms with Gasteiger partial charge in [-0.1, -0.05) is 31.5 Å². The van der Waals surface area contributed by atoms with Gasteiger partial charge in [-0.2, -0.15) is 4.31 Å². The Morgan fingerprint density at radius 1 is 1.07 bits per heavy atom. The van der Waals surface area contributed by atoms with Crippen molar-refractivity contribution in [2.75, 3.05) is 13.7 Å². The van der Waals surface area contributed by atoms with Gasteiger partial charge in [0.05, 0.1) is 18.0 Å². The third-order valence-electron chi connectivity index (χ3n) is 5.06. The molecule has 1 aromatic carbocycles. The molecule has 0 fully saturated rings. The maximum absolute atomic E-state index is 13.4. The summed E-state index contributed by atoms with van der Waals surface area (Å²) in [6.45, 7) is 10.8. The third-order valence-corrected chi connectivity index (χ3v) is 7.01. The van der Waals surface area contributed by atoms with E-state index in [-0.39, 0.29) is 28.8 Å². The number of hydrogen-bond acceptors (Lipinski definition) is 5. The van der Waals surface area contributed by atoms with Crippen LogP contribution in [0, 0.1) is 26.7 Å². The number of sulfonamides is 1. The van der Waals surface area contributed by atoms with E-state index < -0.39 is 22.0 Å². The number of hydrogen-bond donors (Lipinski definition) is 1. The van der Waals surface area contributed by atoms with Crippen LogP contribution in [0.1, 0.15) is 58.4 Å². The lowest BCUT2D eigenvalue weighted by Crippen LogP contribution is -2.45. The number of methoxy groups -OCH3 is 1. The van der Waals surface area contributed by atoms with Crippen molar-refractivity contribution >= 4 is 21.8 Å². The number of benzene rings is 1. The highest BCUT2D eigenvalue weighted by Gasteiger charge is 2.36. The van der Waals surface area contributed by atoms with Crippen LogP contribution in [0.3, 0.4) is 0 Å². The summed E-state index contributed by atoms with van der Waals surface area (Å²) in [6.07, 6.45) is 0. The summed E-state index contributed by atoms with van der Waals surface area (Å²) in [4.78, 5) is 28.4. The molecule has 8 heteroatoms. The van der Waals surface area contributed by atoms with E-state index in [1.807, 2.05) is 20.8 Å². The Labute approximate surface area is 178 Å². The zero-order valence-corrected chi connectivity index (χ0v) is 19.4. The van der Waals surface area contributed by atoms with Crippen molar-refractivity contribution in [3.63, 3.8) is 0 Å². The van der Waals surface area contributed by atoms with E-state index in [0.29, 0.717) is 16.8 Å². The minimum absolute atomic E-state index is 0.0134. The Morgan fingerprint density at radius 2 is 1.63 bits per heavy atom. The molecule has 0 saturated heterocycles. The van der Waals surface area contributed by atoms with Gasteiger partial charge in [-0.15, -0.1) is 0 Å². The summed E-state index contributed by atoms with van der Waals surface area (Å²) in [6, 6.07) is 5.62. The van der Waals surface area contributed by atoms with E-state index in [1.54, 1.807) is 45.0 Å². The number of aromatic nitrogens is 1. The number of ether oxygens (including phenoxy) is 1. The van der Waals surface area contributed by atoms with Gasteiger partial charge in [-0.25, -0.2) is 13.2 Å². The second kappa shape index (κ2) is 9.14. The Bertz CT molecular complexity index is 1040. The first-order valence-corrected chi connectivity index (χ1v) is 11.3. The topological polar surface area (TPSA) is 96.5 Å². The lowest BCUT2D eigenvalue weighted by molar-refractivity contribution is 0.0594. The summed E-state index contributed by atoms with van der Waals surface area (Å²) < 4.78 is 32.8. The second-order valence-corrected chi connectivity index (χ2v) is 9.83. The summed E-state index contributed by atoms with van der Waals surface area (Å²) in [5.41, 5.74) is 2.41. The van der Waals surface area contributed by atoms with Crippen LogP contribution in [-0.4, -0.2) is 49.2 Å². The number of ketones is 1. The van der Waals surface area contributed by atoms with Crippen molar-refractivity contribution in [3.05, 3.63) is 52.3 Å². The highest BCUT2D eigenvalue weighted by Crippen LogP contribution is 2.26. The fraction of sp³-hybridized carbons (Fsp3) is 0.455. The molecular formula is C22H30N2O5S. The summed E-state index contributed by atoms with van der Waals surface area (Å²) in [5, 5.41) is 0. The molecule has 2 aromatic rings. The molecule has 1 aromatic heterocycles. The van der Waals surface area contributed by atoms with Gasteiger partial charge in [0.25, 0.3) is 0 Å². The van der Waals surface area contributed by atoms with E-state index in [2.05, 4.69) is 4.98 Å². The standard InChI is InChI=1S/C22H30N2O5S/c1-13(2)12-24(30(27,28)18-10-8-14(3)9-11-18)17(6)21(25)19-15(4)20(22(26)29-7)23-16(19)5/h8-11,13,17,23H,12H2,1-7H3/t17-/m1/s1. The number of aryl methyl sites for hydroxylation is 2. The molecule has 7 nitrogen and oxygen atoms in total. The average molecular weight is 435 g/mol. The van der Waals surface area contributed by atoms with E-state index >= 15 is 0 Å². The van der Waals surface area contributed by atoms with Gasteiger partial charge in [0, 0.05) is 17.8 Å². The third kappa shape index (κ3) is 4.65. The number of Topliss-reactive ketones (excluding diaryl/α,β-unsaturated/α-hetero) is 1. The Kier molecular flexibility index (Phi) is 7.26. The second-order valence-electron chi connectivity index (χ2n) is 7.94. The Hall–Kier alpha value is -2.45. The van der Waals surface area contributed by atoms with Crippen LogP contribution < -0.4 is 0 Å². The largest absolute Gasteiger partial charge is 0.464 e. The molecule has 1 N–H and O–H groups in total. The Balaban J connectivity index is 2.51. The molecule has 0 saturated carbocycles. The van der Waals surface area contributed by atoms with Crippen molar-refractivity contribution in [3.8, 4) is 0 Å². The van der Waals surface area contributed by atoms with Gasteiger partial charge in [-0.05, 0) is 51.3 Å². The molecule has 1 atom stereocenters. The zero-order chi connectivity index (χ0) is 22.8. The zero-order valence-electron chi connectivity index (χ0n) is 18.6. The minimum atomic E-state index is -3.89. The molecule has 0 aliphatic heterocycles. The molecule has 0 amide bonds. The van der Waals surface area contributed by atoms with Crippen LogP contribution in [0.25, 0.3) is 0 Å². The smallest absolute Gasteiger partial charge is 0.354 e. The van der Waals surface area contributed by atoms with Crippen LogP contribution in [0.15, 0.2) is 29.2 Å². The highest BCUT2D eigenvalue weighted by molar-refractivity contribution is 7.89. The SMILES string of the molecule is COC(=O)c1[nH]c(C)c(C(=O)[C@@H](C)N(CC(C)C)S(=O)(=O)c2ccc(C)cc2)c1C. The molecule has 164 valence electrons. The molecule has 0 aliphatic rings. The summed E-state index contributed by atoms with van der Waals surface area (Å²) in [7, 11) is -2.63. The number of carbonyl (C=O) groups excluding carboxylic acids is 2. The molecule has 0 aliphatic carbocycles. The van der Waals surface area contributed by atoms with Gasteiger partial charge in [0.1, 0.15) is 5.69 Å². The predicted molar refractivity (Wildman–Crippen MR) is 115 cm³/mol. The summed E-state index contributed by atoms with van der Waals surface area (Å²) in [5.74, 6) is -0.930. The number of esters is 1. The lowest BCUT2D eigenvalue weighted by Gasteiger charge is -2.29. The molecule has 30 heavy (non-hydrogen) atoms. The minimum Gasteiger partial charge on any atom is -0.464 e. The van der Waals surface area contributed by atoms with Crippen molar-refractivity contribution < 1.29 is 22.7 Å². The normalized spacial score (nSPS) is 13.0. The summed E-state index contributed by atoms with van der Waals surface area (Å²) >= 11 is 0. The van der Waals surface area contributed by atoms with Crippen molar-refractivity contribution in [1.29, 1.82) is 0 Å². The number of nitrogens with one attached hydrogen (secondary N) is 1. The van der Waals surface area contributed by atoms with Crippen LogP contribution in [0.2, 0.25) is 0 Å². The van der Waals surface area contributed by atoms with Crippen LogP contribution in [0.4, 0.5) is 0 Å². The van der Waals surface area contributed by atoms with Crippen LogP contribution >= 0.6 is 0 Å². The maximum atomic E-state index is 13.4. The Morgan fingerprint density at radius 3 is 2.13 bits per heavy atom. The molecule has 0 spiro atoms. The van der Waals surface area contributed by atoms with Crippen LogP contribution in [-0.2, 0) is 14.8 Å². The van der Waals surface area contributed by atoms with Crippen molar-refractivity contribution in [2.45, 2.75) is 52.5 Å². The van der Waals surface area contributed by atoms with Gasteiger partial charge in [0.15, 0.2) is 5.78 Å². The molecular weight excluding hydrogens is 404 g/mol. The van der Waals surface area contributed by atoms with Crippen LogP contribution in [0.5, 0.6) is 0 Å². The first-order valence-electron chi connectivity index (χ1n) is 9.82. The number of carbonyl (C=O) groups is 2. The molecule has 0 bridgehead atoms. The quantitative estimate of drug-likeness (QED) is 0.505. The van der Waals surface area contributed by atoms with E-state index in [9.17, 15) is 18.0 Å². The first kappa shape index (κ1) is 23.8. The average Bonchev–Trinajstić information content (AvgIpc) is 2.98. The highest BCUT2D eigenvalue weighted by atomic mass is 32.2. The monoisotopic (exact) mass is 434 g/mol. The number of aromatic amines is 1. The first-order chi connectivity index (χ1) is 13.9. The van der Waals surface area contributed by atoms with E-state index in [1.165, 1.54) is 11.4 Å². The van der Waals surface area contributed by atoms with E-state index in [0.717, 1.165) is 5.56 Å².